The molecule has 2 aliphatic heterocycles. The van der Waals surface area contributed by atoms with E-state index < -0.39 is 30.4 Å². The van der Waals surface area contributed by atoms with Crippen LogP contribution >= 0.6 is 34.9 Å². The van der Waals surface area contributed by atoms with Gasteiger partial charge in [-0.15, -0.1) is 22.0 Å². The molecule has 10 nitrogen and oxygen atoms in total. The zero-order valence-electron chi connectivity index (χ0n) is 19.9. The van der Waals surface area contributed by atoms with Crippen molar-refractivity contribution in [3.05, 3.63) is 52.2 Å². The number of thioether (sulfide) groups is 2. The van der Waals surface area contributed by atoms with Crippen LogP contribution in [0.5, 0.6) is 0 Å². The van der Waals surface area contributed by atoms with E-state index in [-0.39, 0.29) is 23.5 Å². The zero-order chi connectivity index (χ0) is 25.8. The number of aromatic nitrogens is 2. The predicted molar refractivity (Wildman–Crippen MR) is 136 cm³/mol. The number of benzene rings is 1. The SMILES string of the molecule is CC(=O)OC(C)OC(=O)C1=C(CSc2nnc(C)s2)CS[C@H]2C(NCC(O)c3ccccc3)C(=O)N12. The lowest BCUT2D eigenvalue weighted by atomic mass is 10.0. The minimum atomic E-state index is -1.10. The molecule has 0 bridgehead atoms. The summed E-state index contributed by atoms with van der Waals surface area (Å²) in [5.74, 6) is -0.659. The Labute approximate surface area is 220 Å². The Kier molecular flexibility index (Phi) is 8.67. The Hall–Kier alpha value is -2.45. The quantitative estimate of drug-likeness (QED) is 0.195. The molecule has 192 valence electrons. The van der Waals surface area contributed by atoms with E-state index in [1.807, 2.05) is 37.3 Å². The first kappa shape index (κ1) is 26.6. The number of hydrogen-bond acceptors (Lipinski definition) is 12. The molecule has 0 aliphatic carbocycles. The summed E-state index contributed by atoms with van der Waals surface area (Å²) < 4.78 is 11.0. The van der Waals surface area contributed by atoms with Crippen molar-refractivity contribution >= 4 is 52.7 Å². The van der Waals surface area contributed by atoms with Gasteiger partial charge in [0.2, 0.25) is 12.2 Å². The summed E-state index contributed by atoms with van der Waals surface area (Å²) in [7, 11) is 0. The van der Waals surface area contributed by atoms with Crippen molar-refractivity contribution in [1.29, 1.82) is 0 Å². The van der Waals surface area contributed by atoms with Crippen molar-refractivity contribution in [3.8, 4) is 0 Å². The van der Waals surface area contributed by atoms with Crippen molar-refractivity contribution < 1.29 is 29.0 Å². The topological polar surface area (TPSA) is 131 Å². The van der Waals surface area contributed by atoms with Crippen LogP contribution in [0.3, 0.4) is 0 Å². The highest BCUT2D eigenvalue weighted by molar-refractivity contribution is 8.01. The van der Waals surface area contributed by atoms with E-state index in [0.717, 1.165) is 20.5 Å². The number of hydrogen-bond donors (Lipinski definition) is 2. The van der Waals surface area contributed by atoms with Crippen LogP contribution in [0.1, 0.15) is 30.5 Å². The number of carbonyl (C=O) groups is 3. The molecule has 36 heavy (non-hydrogen) atoms. The average Bonchev–Trinajstić information content (AvgIpc) is 3.27. The molecule has 1 fully saturated rings. The number of β-lactam (4-membered cyclic amide) rings is 1. The molecule has 4 atom stereocenters. The molecule has 1 aromatic heterocycles. The summed E-state index contributed by atoms with van der Waals surface area (Å²) in [5.41, 5.74) is 1.64. The van der Waals surface area contributed by atoms with E-state index in [2.05, 4.69) is 15.5 Å². The first-order valence-corrected chi connectivity index (χ1v) is 14.0. The van der Waals surface area contributed by atoms with Crippen LogP contribution in [0.2, 0.25) is 0 Å². The Morgan fingerprint density at radius 2 is 2.03 bits per heavy atom. The lowest BCUT2D eigenvalue weighted by molar-refractivity contribution is -0.182. The number of aliphatic hydroxyl groups is 1. The number of esters is 2. The van der Waals surface area contributed by atoms with Gasteiger partial charge in [-0.25, -0.2) is 4.79 Å². The number of rotatable bonds is 10. The third-order valence-corrected chi connectivity index (χ3v) is 8.84. The summed E-state index contributed by atoms with van der Waals surface area (Å²) in [4.78, 5) is 39.0. The van der Waals surface area contributed by atoms with E-state index in [1.54, 1.807) is 0 Å². The summed E-state index contributed by atoms with van der Waals surface area (Å²) in [6, 6.07) is 8.64. The number of carbonyl (C=O) groups excluding carboxylic acids is 3. The summed E-state index contributed by atoms with van der Waals surface area (Å²) in [6.07, 6.45) is -1.87. The van der Waals surface area contributed by atoms with Crippen LogP contribution in [0.25, 0.3) is 0 Å². The van der Waals surface area contributed by atoms with Crippen molar-refractivity contribution in [2.75, 3.05) is 18.1 Å². The second kappa shape index (κ2) is 11.7. The van der Waals surface area contributed by atoms with E-state index >= 15 is 0 Å². The molecule has 3 heterocycles. The van der Waals surface area contributed by atoms with Crippen LogP contribution in [0.15, 0.2) is 45.9 Å². The standard InChI is InChI=1S/C23H26N4O6S3/c1-12-25-26-23(36-12)35-11-16-10-34-21-18(24-9-17(29)15-7-5-4-6-8-15)20(30)27(21)19(16)22(31)33-14(3)32-13(2)28/h4-8,14,17-18,21,24,29H,9-11H2,1-3H3/t14?,17?,18?,21-/m0/s1. The Bertz CT molecular complexity index is 1160. The number of ether oxygens (including phenoxy) is 2. The number of nitrogens with zero attached hydrogens (tertiary/aromatic N) is 3. The molecule has 3 unspecified atom stereocenters. The number of aryl methyl sites for hydroxylation is 1. The monoisotopic (exact) mass is 550 g/mol. The van der Waals surface area contributed by atoms with Gasteiger partial charge in [-0.05, 0) is 18.1 Å². The third-order valence-electron chi connectivity index (χ3n) is 5.44. The molecule has 13 heteroatoms. The predicted octanol–water partition coefficient (Wildman–Crippen LogP) is 2.25. The maximum atomic E-state index is 13.2. The first-order chi connectivity index (χ1) is 17.2. The highest BCUT2D eigenvalue weighted by Crippen LogP contribution is 2.42. The van der Waals surface area contributed by atoms with Gasteiger partial charge in [0.1, 0.15) is 22.1 Å². The Morgan fingerprint density at radius 3 is 2.69 bits per heavy atom. The largest absolute Gasteiger partial charge is 0.426 e. The number of fused-ring (bicyclic) bond motifs is 1. The Balaban J connectivity index is 1.48. The fourth-order valence-electron chi connectivity index (χ4n) is 3.82. The van der Waals surface area contributed by atoms with E-state index in [9.17, 15) is 19.5 Å². The maximum absolute atomic E-state index is 13.2. The van der Waals surface area contributed by atoms with Gasteiger partial charge in [-0.1, -0.05) is 53.4 Å². The fourth-order valence-corrected chi connectivity index (χ4v) is 7.15. The van der Waals surface area contributed by atoms with Gasteiger partial charge in [0.05, 0.1) is 6.10 Å². The van der Waals surface area contributed by atoms with Gasteiger partial charge in [0, 0.05) is 31.9 Å². The molecule has 2 aromatic rings. The normalized spacial score (nSPS) is 20.9. The summed E-state index contributed by atoms with van der Waals surface area (Å²) >= 11 is 4.42. The summed E-state index contributed by atoms with van der Waals surface area (Å²) in [6.45, 7) is 4.72. The molecule has 0 radical (unpaired) electrons. The molecule has 2 aliphatic rings. The average molecular weight is 551 g/mol. The minimum Gasteiger partial charge on any atom is -0.426 e. The molecule has 1 amide bonds. The number of amides is 1. The lowest BCUT2D eigenvalue weighted by Gasteiger charge is -2.50. The van der Waals surface area contributed by atoms with Gasteiger partial charge in [-0.2, -0.15) is 0 Å². The van der Waals surface area contributed by atoms with E-state index in [1.165, 1.54) is 53.6 Å². The smallest absolute Gasteiger partial charge is 0.358 e. The van der Waals surface area contributed by atoms with Crippen LogP contribution in [0.4, 0.5) is 0 Å². The lowest BCUT2D eigenvalue weighted by Crippen LogP contribution is -2.70. The number of nitrogens with one attached hydrogen (secondary N) is 1. The van der Waals surface area contributed by atoms with Gasteiger partial charge in [0.15, 0.2) is 4.34 Å². The molecule has 0 saturated carbocycles. The molecule has 0 spiro atoms. The summed E-state index contributed by atoms with van der Waals surface area (Å²) in [5, 5.41) is 22.2. The van der Waals surface area contributed by atoms with Crippen LogP contribution in [-0.4, -0.2) is 73.8 Å². The first-order valence-electron chi connectivity index (χ1n) is 11.2. The van der Waals surface area contributed by atoms with E-state index in [4.69, 9.17) is 9.47 Å². The van der Waals surface area contributed by atoms with Crippen molar-refractivity contribution in [2.45, 2.75) is 48.9 Å². The van der Waals surface area contributed by atoms with Crippen molar-refractivity contribution in [3.63, 3.8) is 0 Å². The maximum Gasteiger partial charge on any atom is 0.358 e. The molecular weight excluding hydrogens is 524 g/mol. The van der Waals surface area contributed by atoms with E-state index in [0.29, 0.717) is 11.5 Å². The van der Waals surface area contributed by atoms with Gasteiger partial charge >= 0.3 is 11.9 Å². The molecule has 1 saturated heterocycles. The minimum absolute atomic E-state index is 0.165. The van der Waals surface area contributed by atoms with Crippen LogP contribution < -0.4 is 5.32 Å². The van der Waals surface area contributed by atoms with Crippen molar-refractivity contribution in [2.24, 2.45) is 0 Å². The third kappa shape index (κ3) is 6.09. The number of aliphatic hydroxyl groups excluding tert-OH is 1. The van der Waals surface area contributed by atoms with Crippen molar-refractivity contribution in [1.82, 2.24) is 20.4 Å². The van der Waals surface area contributed by atoms with Gasteiger partial charge < -0.3 is 19.9 Å². The zero-order valence-corrected chi connectivity index (χ0v) is 22.3. The fraction of sp³-hybridized carbons (Fsp3) is 0.435. The molecule has 2 N–H and O–H groups in total. The van der Waals surface area contributed by atoms with Gasteiger partial charge in [-0.3, -0.25) is 14.5 Å². The molecule has 1 aromatic carbocycles. The van der Waals surface area contributed by atoms with Crippen LogP contribution in [0, 0.1) is 6.92 Å². The molecule has 4 rings (SSSR count). The second-order valence-electron chi connectivity index (χ2n) is 8.13. The van der Waals surface area contributed by atoms with Gasteiger partial charge in [0.25, 0.3) is 0 Å². The Morgan fingerprint density at radius 1 is 1.28 bits per heavy atom. The second-order valence-corrected chi connectivity index (χ2v) is 11.6. The molecular formula is C23H26N4O6S3. The highest BCUT2D eigenvalue weighted by atomic mass is 32.2. The van der Waals surface area contributed by atoms with Crippen LogP contribution in [-0.2, 0) is 23.9 Å². The highest BCUT2D eigenvalue weighted by Gasteiger charge is 2.53.